The van der Waals surface area contributed by atoms with Crippen molar-refractivity contribution in [2.75, 3.05) is 19.5 Å². The third kappa shape index (κ3) is 5.21. The van der Waals surface area contributed by atoms with E-state index in [2.05, 4.69) is 9.72 Å². The molecule has 2 aromatic heterocycles. The van der Waals surface area contributed by atoms with Crippen LogP contribution in [-0.2, 0) is 27.4 Å². The first-order chi connectivity index (χ1) is 16.2. The lowest BCUT2D eigenvalue weighted by Gasteiger charge is -2.16. The van der Waals surface area contributed by atoms with E-state index in [1.54, 1.807) is 30.3 Å². The number of nitrogen functional groups attached to an aromatic ring is 1. The fourth-order valence-electron chi connectivity index (χ4n) is 3.05. The first kappa shape index (κ1) is 24.4. The minimum atomic E-state index is -1.11. The van der Waals surface area contributed by atoms with Crippen molar-refractivity contribution < 1.29 is 23.9 Å². The molecule has 0 aliphatic carbocycles. The second-order valence-electron chi connectivity index (χ2n) is 6.92. The monoisotopic (exact) mass is 486 g/mol. The van der Waals surface area contributed by atoms with Gasteiger partial charge in [0.15, 0.2) is 6.61 Å². The Morgan fingerprint density at radius 1 is 1.06 bits per heavy atom. The van der Waals surface area contributed by atoms with Crippen molar-refractivity contribution in [2.45, 2.75) is 13.1 Å². The van der Waals surface area contributed by atoms with Crippen LogP contribution in [0.5, 0.6) is 0 Å². The Morgan fingerprint density at radius 2 is 1.76 bits per heavy atom. The number of anilines is 1. The van der Waals surface area contributed by atoms with E-state index in [0.29, 0.717) is 10.1 Å². The molecule has 0 fully saturated rings. The van der Waals surface area contributed by atoms with Crippen LogP contribution in [0.1, 0.15) is 26.3 Å². The molecule has 11 nitrogen and oxygen atoms in total. The van der Waals surface area contributed by atoms with Gasteiger partial charge in [-0.25, -0.2) is 19.1 Å². The zero-order valence-electron chi connectivity index (χ0n) is 17.9. The van der Waals surface area contributed by atoms with Crippen LogP contribution in [0.3, 0.4) is 0 Å². The number of hydrogen-bond donors (Lipinski definition) is 1. The average molecular weight is 487 g/mol. The van der Waals surface area contributed by atoms with Crippen molar-refractivity contribution in [2.24, 2.45) is 0 Å². The van der Waals surface area contributed by atoms with E-state index in [1.807, 2.05) is 0 Å². The summed E-state index contributed by atoms with van der Waals surface area (Å²) in [7, 11) is 1.09. The molecular formula is C22H19ClN4O7. The Kier molecular flexibility index (Phi) is 7.59. The molecule has 1 aromatic carbocycles. The van der Waals surface area contributed by atoms with Gasteiger partial charge in [-0.05, 0) is 17.7 Å². The summed E-state index contributed by atoms with van der Waals surface area (Å²) in [6, 6.07) is 11.5. The summed E-state index contributed by atoms with van der Waals surface area (Å²) in [5.74, 6) is -3.24. The SMILES string of the molecule is COC(=O)Cn1c(=O)c(C(=O)COC(=O)c2cccnc2Cl)c(N)n(Cc2ccccc2)c1=O. The third-order valence-corrected chi connectivity index (χ3v) is 5.06. The minimum Gasteiger partial charge on any atom is -0.468 e. The Labute approximate surface area is 197 Å². The van der Waals surface area contributed by atoms with Gasteiger partial charge in [0.1, 0.15) is 23.1 Å². The first-order valence-corrected chi connectivity index (χ1v) is 10.2. The Bertz CT molecular complexity index is 1370. The van der Waals surface area contributed by atoms with Gasteiger partial charge in [-0.3, -0.25) is 19.0 Å². The molecule has 3 rings (SSSR count). The summed E-state index contributed by atoms with van der Waals surface area (Å²) in [5, 5.41) is -0.128. The van der Waals surface area contributed by atoms with E-state index in [9.17, 15) is 24.0 Å². The third-order valence-electron chi connectivity index (χ3n) is 4.76. The van der Waals surface area contributed by atoms with Crippen LogP contribution in [0, 0.1) is 0 Å². The highest BCUT2D eigenvalue weighted by Crippen LogP contribution is 2.14. The molecule has 0 aliphatic rings. The highest BCUT2D eigenvalue weighted by atomic mass is 35.5. The molecular weight excluding hydrogens is 468 g/mol. The van der Waals surface area contributed by atoms with Crippen LogP contribution in [-0.4, -0.2) is 45.6 Å². The summed E-state index contributed by atoms with van der Waals surface area (Å²) >= 11 is 5.85. The lowest BCUT2D eigenvalue weighted by atomic mass is 10.1. The number of Topliss-reactive ketones (excluding diaryl/α,β-unsaturated/α-hetero) is 1. The molecule has 0 amide bonds. The molecule has 0 saturated heterocycles. The molecule has 0 saturated carbocycles. The average Bonchev–Trinajstić information content (AvgIpc) is 2.83. The summed E-state index contributed by atoms with van der Waals surface area (Å²) < 4.78 is 11.0. The largest absolute Gasteiger partial charge is 0.468 e. The molecule has 0 bridgehead atoms. The van der Waals surface area contributed by atoms with E-state index in [4.69, 9.17) is 22.1 Å². The summed E-state index contributed by atoms with van der Waals surface area (Å²) in [5.41, 5.74) is 3.99. The number of pyridine rings is 1. The van der Waals surface area contributed by atoms with Crippen molar-refractivity contribution in [3.05, 3.63) is 91.3 Å². The predicted octanol–water partition coefficient (Wildman–Crippen LogP) is 0.902. The second-order valence-corrected chi connectivity index (χ2v) is 7.28. The van der Waals surface area contributed by atoms with Crippen LogP contribution >= 0.6 is 11.6 Å². The van der Waals surface area contributed by atoms with Crippen LogP contribution in [0.2, 0.25) is 5.15 Å². The standard InChI is InChI=1S/C22H19ClN4O7/c1-33-16(29)11-27-20(30)17(15(28)12-34-21(31)14-8-5-9-25-18(14)23)19(24)26(22(27)32)10-13-6-3-2-4-7-13/h2-9H,10-12,24H2,1H3. The molecule has 0 atom stereocenters. The maximum atomic E-state index is 12.9. The highest BCUT2D eigenvalue weighted by molar-refractivity contribution is 6.32. The number of nitrogens with two attached hydrogens (primary N) is 1. The lowest BCUT2D eigenvalue weighted by molar-refractivity contribution is -0.141. The Morgan fingerprint density at radius 3 is 2.41 bits per heavy atom. The molecule has 34 heavy (non-hydrogen) atoms. The molecule has 0 radical (unpaired) electrons. The van der Waals surface area contributed by atoms with Crippen LogP contribution in [0.4, 0.5) is 5.82 Å². The van der Waals surface area contributed by atoms with Crippen molar-refractivity contribution in [3.63, 3.8) is 0 Å². The number of carbonyl (C=O) groups is 3. The van der Waals surface area contributed by atoms with E-state index in [-0.39, 0.29) is 17.3 Å². The molecule has 0 spiro atoms. The molecule has 0 unspecified atom stereocenters. The Hall–Kier alpha value is -4.25. The zero-order valence-corrected chi connectivity index (χ0v) is 18.7. The van der Waals surface area contributed by atoms with Gasteiger partial charge in [-0.2, -0.15) is 0 Å². The number of nitrogens with zero attached hydrogens (tertiary/aromatic N) is 3. The number of hydrogen-bond acceptors (Lipinski definition) is 9. The maximum Gasteiger partial charge on any atom is 0.341 e. The molecule has 3 aromatic rings. The van der Waals surface area contributed by atoms with Gasteiger partial charge in [0.05, 0.1) is 19.2 Å². The number of aromatic nitrogens is 3. The van der Waals surface area contributed by atoms with Crippen molar-refractivity contribution in [1.82, 2.24) is 14.1 Å². The van der Waals surface area contributed by atoms with Gasteiger partial charge >= 0.3 is 17.6 Å². The molecule has 12 heteroatoms. The first-order valence-electron chi connectivity index (χ1n) is 9.79. The smallest absolute Gasteiger partial charge is 0.341 e. The van der Waals surface area contributed by atoms with E-state index in [0.717, 1.165) is 11.7 Å². The molecule has 2 heterocycles. The summed E-state index contributed by atoms with van der Waals surface area (Å²) in [4.78, 5) is 66.6. The summed E-state index contributed by atoms with van der Waals surface area (Å²) in [6.07, 6.45) is 1.37. The van der Waals surface area contributed by atoms with Crippen molar-refractivity contribution >= 4 is 35.1 Å². The number of ketones is 1. The fourth-order valence-corrected chi connectivity index (χ4v) is 3.24. The van der Waals surface area contributed by atoms with Crippen molar-refractivity contribution in [3.8, 4) is 0 Å². The zero-order chi connectivity index (χ0) is 24.8. The van der Waals surface area contributed by atoms with Crippen LogP contribution in [0.15, 0.2) is 58.3 Å². The number of methoxy groups -OCH3 is 1. The van der Waals surface area contributed by atoms with Gasteiger partial charge in [0, 0.05) is 6.20 Å². The van der Waals surface area contributed by atoms with Crippen LogP contribution in [0.25, 0.3) is 0 Å². The number of halogens is 1. The van der Waals surface area contributed by atoms with Gasteiger partial charge in [-0.1, -0.05) is 41.9 Å². The quantitative estimate of drug-likeness (QED) is 0.278. The van der Waals surface area contributed by atoms with Crippen molar-refractivity contribution in [1.29, 1.82) is 0 Å². The normalized spacial score (nSPS) is 10.5. The minimum absolute atomic E-state index is 0.0814. The number of esters is 2. The van der Waals surface area contributed by atoms with Gasteiger partial charge < -0.3 is 15.2 Å². The number of ether oxygens (including phenoxy) is 2. The number of benzene rings is 1. The summed E-state index contributed by atoms with van der Waals surface area (Å²) in [6.45, 7) is -1.70. The molecule has 2 N–H and O–H groups in total. The predicted molar refractivity (Wildman–Crippen MR) is 121 cm³/mol. The van der Waals surface area contributed by atoms with Crippen LogP contribution < -0.4 is 17.0 Å². The van der Waals surface area contributed by atoms with E-state index >= 15 is 0 Å². The van der Waals surface area contributed by atoms with Gasteiger partial charge in [0.2, 0.25) is 5.78 Å². The fraction of sp³-hybridized carbons (Fsp3) is 0.182. The molecule has 0 aliphatic heterocycles. The second kappa shape index (κ2) is 10.6. The van der Waals surface area contributed by atoms with E-state index in [1.165, 1.54) is 18.3 Å². The lowest BCUT2D eigenvalue weighted by Crippen LogP contribution is -2.46. The number of rotatable bonds is 8. The van der Waals surface area contributed by atoms with Gasteiger partial charge in [-0.15, -0.1) is 0 Å². The Balaban J connectivity index is 2.00. The highest BCUT2D eigenvalue weighted by Gasteiger charge is 2.25. The molecule has 176 valence electrons. The number of carbonyl (C=O) groups excluding carboxylic acids is 3. The van der Waals surface area contributed by atoms with E-state index < -0.39 is 53.5 Å². The maximum absolute atomic E-state index is 12.9. The van der Waals surface area contributed by atoms with Gasteiger partial charge in [0.25, 0.3) is 5.56 Å². The topological polar surface area (TPSA) is 153 Å².